The zero-order chi connectivity index (χ0) is 13.9. The molecule has 0 saturated carbocycles. The average Bonchev–Trinajstić information content (AvgIpc) is 2.28. The van der Waals surface area contributed by atoms with Crippen molar-refractivity contribution in [2.75, 3.05) is 33.3 Å². The maximum absolute atomic E-state index is 12.4. The fourth-order valence-electron chi connectivity index (χ4n) is 2.93. The van der Waals surface area contributed by atoms with Gasteiger partial charge in [0.25, 0.3) is 0 Å². The Morgan fingerprint density at radius 1 is 1.39 bits per heavy atom. The first kappa shape index (κ1) is 15.4. The van der Waals surface area contributed by atoms with Crippen LogP contribution in [0.4, 0.5) is 0 Å². The number of hydrogen-bond acceptors (Lipinski definition) is 3. The molecule has 1 heterocycles. The third-order valence-corrected chi connectivity index (χ3v) is 3.40. The van der Waals surface area contributed by atoms with E-state index >= 15 is 0 Å². The van der Waals surface area contributed by atoms with Gasteiger partial charge in [0.2, 0.25) is 5.91 Å². The van der Waals surface area contributed by atoms with E-state index < -0.39 is 0 Å². The lowest BCUT2D eigenvalue weighted by molar-refractivity contribution is -0.135. The Hall–Kier alpha value is -0.610. The van der Waals surface area contributed by atoms with Crippen molar-refractivity contribution in [2.45, 2.75) is 40.2 Å². The van der Waals surface area contributed by atoms with E-state index in [1.54, 1.807) is 0 Å². The van der Waals surface area contributed by atoms with Crippen molar-refractivity contribution < 1.29 is 9.90 Å². The van der Waals surface area contributed by atoms with Crippen molar-refractivity contribution in [3.05, 3.63) is 0 Å². The largest absolute Gasteiger partial charge is 0.396 e. The average molecular weight is 256 g/mol. The maximum Gasteiger partial charge on any atom is 0.239 e. The fourth-order valence-corrected chi connectivity index (χ4v) is 2.93. The summed E-state index contributed by atoms with van der Waals surface area (Å²) >= 11 is 0. The van der Waals surface area contributed by atoms with Crippen LogP contribution in [0.15, 0.2) is 0 Å². The van der Waals surface area contributed by atoms with Gasteiger partial charge in [0, 0.05) is 33.3 Å². The van der Waals surface area contributed by atoms with Gasteiger partial charge in [-0.2, -0.15) is 0 Å². The van der Waals surface area contributed by atoms with Crippen molar-refractivity contribution in [1.29, 1.82) is 0 Å². The molecule has 1 rings (SSSR count). The molecule has 1 atom stereocenters. The summed E-state index contributed by atoms with van der Waals surface area (Å²) in [6.45, 7) is 11.4. The number of rotatable bonds is 4. The lowest BCUT2D eigenvalue weighted by Gasteiger charge is -2.33. The summed E-state index contributed by atoms with van der Waals surface area (Å²) < 4.78 is 0. The number of carbonyl (C=O) groups excluding carboxylic acids is 1. The zero-order valence-electron chi connectivity index (χ0n) is 12.4. The van der Waals surface area contributed by atoms with Crippen LogP contribution in [0.2, 0.25) is 0 Å². The third-order valence-electron chi connectivity index (χ3n) is 3.40. The van der Waals surface area contributed by atoms with Crippen LogP contribution in [0.25, 0.3) is 0 Å². The molecule has 1 unspecified atom stereocenters. The normalized spacial score (nSPS) is 25.6. The molecule has 1 aliphatic rings. The number of nitrogens with zero attached hydrogens (tertiary/aromatic N) is 2. The Kier molecular flexibility index (Phi) is 5.17. The number of carbonyl (C=O) groups is 1. The van der Waals surface area contributed by atoms with E-state index in [0.717, 1.165) is 19.6 Å². The van der Waals surface area contributed by atoms with Gasteiger partial charge in [-0.25, -0.2) is 0 Å². The third kappa shape index (κ3) is 3.95. The Morgan fingerprint density at radius 2 is 2.00 bits per heavy atom. The molecule has 0 aromatic carbocycles. The molecule has 1 amide bonds. The molecule has 0 aromatic heterocycles. The van der Waals surface area contributed by atoms with E-state index in [-0.39, 0.29) is 24.0 Å². The Balaban J connectivity index is 2.95. The standard InChI is InChI=1S/C14H28N2O2/c1-11(2)8-16-10-14(3,4)9-15(5)13(18)12(16)6-7-17/h11-12,17H,6-10H2,1-5H3. The van der Waals surface area contributed by atoms with Gasteiger partial charge in [-0.15, -0.1) is 0 Å². The second-order valence-electron chi connectivity index (χ2n) is 6.71. The number of hydrogen-bond donors (Lipinski definition) is 1. The summed E-state index contributed by atoms with van der Waals surface area (Å²) in [5, 5.41) is 9.20. The Morgan fingerprint density at radius 3 is 2.50 bits per heavy atom. The lowest BCUT2D eigenvalue weighted by atomic mass is 9.92. The van der Waals surface area contributed by atoms with Gasteiger partial charge >= 0.3 is 0 Å². The molecular formula is C14H28N2O2. The Bertz CT molecular complexity index is 290. The van der Waals surface area contributed by atoms with Gasteiger partial charge in [-0.1, -0.05) is 27.7 Å². The highest BCUT2D eigenvalue weighted by Crippen LogP contribution is 2.26. The van der Waals surface area contributed by atoms with Crippen LogP contribution in [0.1, 0.15) is 34.1 Å². The Labute approximate surface area is 111 Å². The molecule has 4 heteroatoms. The second-order valence-corrected chi connectivity index (χ2v) is 6.71. The highest BCUT2D eigenvalue weighted by molar-refractivity contribution is 5.82. The van der Waals surface area contributed by atoms with E-state index in [0.29, 0.717) is 12.3 Å². The second kappa shape index (κ2) is 6.02. The number of aliphatic hydroxyl groups excluding tert-OH is 1. The topological polar surface area (TPSA) is 43.8 Å². The monoisotopic (exact) mass is 256 g/mol. The molecule has 0 bridgehead atoms. The zero-order valence-corrected chi connectivity index (χ0v) is 12.4. The van der Waals surface area contributed by atoms with Gasteiger partial charge in [0.1, 0.15) is 0 Å². The predicted molar refractivity (Wildman–Crippen MR) is 73.3 cm³/mol. The summed E-state index contributed by atoms with van der Waals surface area (Å²) in [6.07, 6.45) is 0.534. The van der Waals surface area contributed by atoms with Crippen LogP contribution in [0, 0.1) is 11.3 Å². The molecule has 0 aromatic rings. The summed E-state index contributed by atoms with van der Waals surface area (Å²) in [4.78, 5) is 16.5. The highest BCUT2D eigenvalue weighted by Gasteiger charge is 2.37. The molecule has 0 radical (unpaired) electrons. The van der Waals surface area contributed by atoms with Crippen molar-refractivity contribution in [3.63, 3.8) is 0 Å². The molecule has 1 saturated heterocycles. The summed E-state index contributed by atoms with van der Waals surface area (Å²) in [5.74, 6) is 0.675. The fraction of sp³-hybridized carbons (Fsp3) is 0.929. The molecule has 1 N–H and O–H groups in total. The number of amides is 1. The quantitative estimate of drug-likeness (QED) is 0.822. The molecule has 18 heavy (non-hydrogen) atoms. The molecule has 0 spiro atoms. The van der Waals surface area contributed by atoms with Gasteiger partial charge in [-0.3, -0.25) is 9.69 Å². The van der Waals surface area contributed by atoms with Crippen LogP contribution in [0.5, 0.6) is 0 Å². The van der Waals surface area contributed by atoms with Crippen molar-refractivity contribution in [2.24, 2.45) is 11.3 Å². The van der Waals surface area contributed by atoms with Crippen LogP contribution in [0.3, 0.4) is 0 Å². The predicted octanol–water partition coefficient (Wildman–Crippen LogP) is 1.19. The molecular weight excluding hydrogens is 228 g/mol. The summed E-state index contributed by atoms with van der Waals surface area (Å²) in [6, 6.07) is -0.163. The maximum atomic E-state index is 12.4. The minimum absolute atomic E-state index is 0.0687. The summed E-state index contributed by atoms with van der Waals surface area (Å²) in [7, 11) is 1.87. The molecule has 106 valence electrons. The molecule has 0 aliphatic carbocycles. The van der Waals surface area contributed by atoms with E-state index in [4.69, 9.17) is 0 Å². The van der Waals surface area contributed by atoms with Gasteiger partial charge < -0.3 is 10.0 Å². The minimum atomic E-state index is -0.163. The number of likely N-dealkylation sites (N-methyl/N-ethyl adjacent to an activating group) is 1. The van der Waals surface area contributed by atoms with Crippen molar-refractivity contribution in [1.82, 2.24) is 9.80 Å². The molecule has 4 nitrogen and oxygen atoms in total. The summed E-state index contributed by atoms with van der Waals surface area (Å²) in [5.41, 5.74) is 0.101. The van der Waals surface area contributed by atoms with Crippen LogP contribution in [-0.4, -0.2) is 60.1 Å². The van der Waals surface area contributed by atoms with E-state index in [1.165, 1.54) is 0 Å². The molecule has 1 aliphatic heterocycles. The van der Waals surface area contributed by atoms with Gasteiger partial charge in [0.05, 0.1) is 6.04 Å². The van der Waals surface area contributed by atoms with Crippen LogP contribution < -0.4 is 0 Å². The van der Waals surface area contributed by atoms with E-state index in [9.17, 15) is 9.90 Å². The van der Waals surface area contributed by atoms with Crippen molar-refractivity contribution in [3.8, 4) is 0 Å². The minimum Gasteiger partial charge on any atom is -0.396 e. The van der Waals surface area contributed by atoms with Gasteiger partial charge in [-0.05, 0) is 17.8 Å². The van der Waals surface area contributed by atoms with E-state index in [2.05, 4.69) is 32.6 Å². The smallest absolute Gasteiger partial charge is 0.239 e. The SMILES string of the molecule is CC(C)CN1CC(C)(C)CN(C)C(=O)C1CCO. The number of aliphatic hydroxyl groups is 1. The van der Waals surface area contributed by atoms with Gasteiger partial charge in [0.15, 0.2) is 0 Å². The van der Waals surface area contributed by atoms with Crippen LogP contribution in [-0.2, 0) is 4.79 Å². The first-order valence-electron chi connectivity index (χ1n) is 6.87. The molecule has 1 fully saturated rings. The highest BCUT2D eigenvalue weighted by atomic mass is 16.3. The first-order valence-corrected chi connectivity index (χ1v) is 6.87. The van der Waals surface area contributed by atoms with Crippen LogP contribution >= 0.6 is 0 Å². The van der Waals surface area contributed by atoms with Crippen molar-refractivity contribution >= 4 is 5.91 Å². The first-order chi connectivity index (χ1) is 8.26. The lowest BCUT2D eigenvalue weighted by Crippen LogP contribution is -2.47. The van der Waals surface area contributed by atoms with E-state index in [1.807, 2.05) is 11.9 Å².